The molecule has 4 rings (SSSR count). The van der Waals surface area contributed by atoms with E-state index in [1.807, 2.05) is 97.9 Å². The molecule has 0 saturated heterocycles. The molecule has 0 bridgehead atoms. The van der Waals surface area contributed by atoms with E-state index in [2.05, 4.69) is 0 Å². The predicted octanol–water partition coefficient (Wildman–Crippen LogP) is 4.79. The van der Waals surface area contributed by atoms with Crippen LogP contribution in [0, 0.1) is 6.92 Å². The average molecular weight is 475 g/mol. The van der Waals surface area contributed by atoms with E-state index in [1.165, 1.54) is 0 Å². The number of hydrogen-bond donors (Lipinski definition) is 2. The van der Waals surface area contributed by atoms with Crippen LogP contribution < -0.4 is 18.9 Å². The van der Waals surface area contributed by atoms with Crippen molar-refractivity contribution in [1.82, 2.24) is 0 Å². The Morgan fingerprint density at radius 1 is 0.571 bits per heavy atom. The van der Waals surface area contributed by atoms with Crippen LogP contribution in [-0.4, -0.2) is 48.8 Å². The van der Waals surface area contributed by atoms with Crippen molar-refractivity contribution in [3.05, 3.63) is 96.6 Å². The Labute approximate surface area is 205 Å². The minimum Gasteiger partial charge on any atom is -0.491 e. The second-order valence-corrected chi connectivity index (χ2v) is 8.25. The monoisotopic (exact) mass is 474 g/mol. The molecule has 0 saturated carbocycles. The van der Waals surface area contributed by atoms with Gasteiger partial charge in [-0.25, -0.2) is 0 Å². The smallest absolute Gasteiger partial charge is 0.122 e. The summed E-state index contributed by atoms with van der Waals surface area (Å²) in [5, 5.41) is 22.5. The molecule has 35 heavy (non-hydrogen) atoms. The zero-order valence-corrected chi connectivity index (χ0v) is 19.7. The summed E-state index contributed by atoms with van der Waals surface area (Å²) in [7, 11) is 0. The van der Waals surface area contributed by atoms with Crippen LogP contribution in [0.3, 0.4) is 0 Å². The third-order valence-electron chi connectivity index (χ3n) is 5.46. The van der Waals surface area contributed by atoms with Crippen molar-refractivity contribution in [3.63, 3.8) is 0 Å². The summed E-state index contributed by atoms with van der Waals surface area (Å²) < 4.78 is 22.8. The van der Waals surface area contributed by atoms with Crippen LogP contribution in [0.25, 0.3) is 10.8 Å². The van der Waals surface area contributed by atoms with Gasteiger partial charge in [-0.1, -0.05) is 48.5 Å². The molecule has 0 aromatic heterocycles. The highest BCUT2D eigenvalue weighted by Gasteiger charge is 2.12. The number of benzene rings is 4. The second-order valence-electron chi connectivity index (χ2n) is 8.25. The predicted molar refractivity (Wildman–Crippen MR) is 136 cm³/mol. The van der Waals surface area contributed by atoms with Crippen LogP contribution in [0.2, 0.25) is 0 Å². The first-order valence-electron chi connectivity index (χ1n) is 11.6. The molecule has 4 aromatic rings. The van der Waals surface area contributed by atoms with Gasteiger partial charge < -0.3 is 29.2 Å². The fourth-order valence-corrected chi connectivity index (χ4v) is 3.57. The number of aryl methyl sites for hydroxylation is 1. The summed E-state index contributed by atoms with van der Waals surface area (Å²) in [6.45, 7) is 2.48. The SMILES string of the molecule is Cc1c(OCC(O)COc2ccccc2)ccc2ccc(OCC(O)COc3ccccc3)cc12. The Morgan fingerprint density at radius 3 is 1.63 bits per heavy atom. The van der Waals surface area contributed by atoms with Gasteiger partial charge in [-0.15, -0.1) is 0 Å². The van der Waals surface area contributed by atoms with Gasteiger partial charge in [0.25, 0.3) is 0 Å². The molecule has 6 heteroatoms. The lowest BCUT2D eigenvalue weighted by atomic mass is 10.0. The van der Waals surface area contributed by atoms with Gasteiger partial charge in [0.2, 0.25) is 0 Å². The number of aliphatic hydroxyl groups is 2. The van der Waals surface area contributed by atoms with Crippen molar-refractivity contribution in [2.45, 2.75) is 19.1 Å². The first kappa shape index (κ1) is 24.4. The molecule has 0 radical (unpaired) electrons. The van der Waals surface area contributed by atoms with Crippen LogP contribution >= 0.6 is 0 Å². The van der Waals surface area contributed by atoms with Gasteiger partial charge in [-0.3, -0.25) is 0 Å². The highest BCUT2D eigenvalue weighted by atomic mass is 16.5. The Morgan fingerprint density at radius 2 is 1.06 bits per heavy atom. The highest BCUT2D eigenvalue weighted by molar-refractivity contribution is 5.88. The van der Waals surface area contributed by atoms with E-state index in [-0.39, 0.29) is 26.4 Å². The summed E-state index contributed by atoms with van der Waals surface area (Å²) >= 11 is 0. The Hall–Kier alpha value is -3.74. The van der Waals surface area contributed by atoms with Crippen molar-refractivity contribution in [3.8, 4) is 23.0 Å². The zero-order chi connectivity index (χ0) is 24.5. The Balaban J connectivity index is 1.31. The van der Waals surface area contributed by atoms with E-state index in [9.17, 15) is 10.2 Å². The van der Waals surface area contributed by atoms with Crippen LogP contribution in [0.5, 0.6) is 23.0 Å². The van der Waals surface area contributed by atoms with Gasteiger partial charge in [0.15, 0.2) is 0 Å². The van der Waals surface area contributed by atoms with Crippen molar-refractivity contribution in [2.75, 3.05) is 26.4 Å². The van der Waals surface area contributed by atoms with Gasteiger partial charge in [-0.2, -0.15) is 0 Å². The molecule has 2 atom stereocenters. The minimum absolute atomic E-state index is 0.112. The van der Waals surface area contributed by atoms with Crippen LogP contribution in [0.4, 0.5) is 0 Å². The molecule has 0 aliphatic heterocycles. The van der Waals surface area contributed by atoms with Gasteiger partial charge in [0.05, 0.1) is 0 Å². The maximum absolute atomic E-state index is 10.3. The Bertz CT molecular complexity index is 1190. The number of para-hydroxylation sites is 2. The van der Waals surface area contributed by atoms with Crippen molar-refractivity contribution in [1.29, 1.82) is 0 Å². The summed E-state index contributed by atoms with van der Waals surface area (Å²) in [5.41, 5.74) is 0.942. The standard InChI is InChI=1S/C29H30O6/c1-21-28-16-27(34-19-23(30)17-32-25-8-4-2-5-9-25)14-12-22(28)13-15-29(21)35-20-24(31)18-33-26-10-6-3-7-11-26/h2-16,23-24,30-31H,17-20H2,1H3. The second kappa shape index (κ2) is 12.1. The first-order valence-corrected chi connectivity index (χ1v) is 11.6. The Kier molecular flexibility index (Phi) is 8.44. The van der Waals surface area contributed by atoms with Crippen LogP contribution in [-0.2, 0) is 0 Å². The fraction of sp³-hybridized carbons (Fsp3) is 0.241. The molecule has 0 aliphatic carbocycles. The number of hydrogen-bond acceptors (Lipinski definition) is 6. The van der Waals surface area contributed by atoms with Crippen molar-refractivity contribution >= 4 is 10.8 Å². The molecule has 0 heterocycles. The first-order chi connectivity index (χ1) is 17.1. The quantitative estimate of drug-likeness (QED) is 0.308. The lowest BCUT2D eigenvalue weighted by Crippen LogP contribution is -2.25. The van der Waals surface area contributed by atoms with E-state index in [4.69, 9.17) is 18.9 Å². The number of aliphatic hydroxyl groups excluding tert-OH is 2. The molecule has 2 N–H and O–H groups in total. The maximum Gasteiger partial charge on any atom is 0.122 e. The molecule has 4 aromatic carbocycles. The van der Waals surface area contributed by atoms with Crippen molar-refractivity contribution in [2.24, 2.45) is 0 Å². The van der Waals surface area contributed by atoms with Gasteiger partial charge in [0, 0.05) is 0 Å². The topological polar surface area (TPSA) is 77.4 Å². The van der Waals surface area contributed by atoms with E-state index in [1.54, 1.807) is 0 Å². The summed E-state index contributed by atoms with van der Waals surface area (Å²) in [6, 6.07) is 28.4. The zero-order valence-electron chi connectivity index (χ0n) is 19.7. The van der Waals surface area contributed by atoms with Gasteiger partial charge >= 0.3 is 0 Å². The molecular weight excluding hydrogens is 444 g/mol. The lowest BCUT2D eigenvalue weighted by molar-refractivity contribution is 0.0624. The molecular formula is C29H30O6. The highest BCUT2D eigenvalue weighted by Crippen LogP contribution is 2.30. The normalized spacial score (nSPS) is 12.7. The number of ether oxygens (including phenoxy) is 4. The van der Waals surface area contributed by atoms with Crippen molar-refractivity contribution < 1.29 is 29.2 Å². The molecule has 182 valence electrons. The molecule has 0 aliphatic rings. The fourth-order valence-electron chi connectivity index (χ4n) is 3.57. The van der Waals surface area contributed by atoms with Crippen LogP contribution in [0.1, 0.15) is 5.56 Å². The van der Waals surface area contributed by atoms with Gasteiger partial charge in [0.1, 0.15) is 61.6 Å². The molecule has 2 unspecified atom stereocenters. The molecule has 0 amide bonds. The molecule has 0 fully saturated rings. The van der Waals surface area contributed by atoms with E-state index in [0.29, 0.717) is 23.0 Å². The van der Waals surface area contributed by atoms with Crippen LogP contribution in [0.15, 0.2) is 91.0 Å². The maximum atomic E-state index is 10.3. The average Bonchev–Trinajstić information content (AvgIpc) is 2.90. The third kappa shape index (κ3) is 7.12. The van der Waals surface area contributed by atoms with E-state index in [0.717, 1.165) is 16.3 Å². The van der Waals surface area contributed by atoms with E-state index < -0.39 is 12.2 Å². The third-order valence-corrected chi connectivity index (χ3v) is 5.46. The summed E-state index contributed by atoms with van der Waals surface area (Å²) in [5.74, 6) is 2.74. The molecule has 6 nitrogen and oxygen atoms in total. The number of fused-ring (bicyclic) bond motifs is 1. The minimum atomic E-state index is -0.764. The van der Waals surface area contributed by atoms with Gasteiger partial charge in [-0.05, 0) is 65.7 Å². The summed E-state index contributed by atoms with van der Waals surface area (Å²) in [6.07, 6.45) is -1.53. The number of rotatable bonds is 12. The lowest BCUT2D eigenvalue weighted by Gasteiger charge is -2.17. The van der Waals surface area contributed by atoms with E-state index >= 15 is 0 Å². The largest absolute Gasteiger partial charge is 0.491 e. The molecule has 0 spiro atoms. The summed E-state index contributed by atoms with van der Waals surface area (Å²) in [4.78, 5) is 0.